The van der Waals surface area contributed by atoms with Crippen molar-refractivity contribution < 1.29 is 0 Å². The minimum Gasteiger partial charge on any atom is -0.397 e. The summed E-state index contributed by atoms with van der Waals surface area (Å²) in [6, 6.07) is 10.1. The summed E-state index contributed by atoms with van der Waals surface area (Å²) < 4.78 is 0. The number of pyridine rings is 2. The standard InChI is InChI=1S/C23H22N8/c24-16-10-15(12-25-13-16)14-4-5-18-17(11-14)20(30-29-18)22-27-19-6-7-26-23(21(19)28-22)31-8-2-1-3-9-31/h4-7,10-13H,1-3,8-9,24H2,(H,27,28)(H,29,30). The van der Waals surface area contributed by atoms with Crippen LogP contribution in [0.25, 0.3) is 44.6 Å². The van der Waals surface area contributed by atoms with Crippen LogP contribution in [0.15, 0.2) is 48.9 Å². The predicted octanol–water partition coefficient (Wildman–Crippen LogP) is 4.14. The third kappa shape index (κ3) is 3.07. The molecular formula is C23H22N8. The van der Waals surface area contributed by atoms with Crippen molar-refractivity contribution in [2.75, 3.05) is 23.7 Å². The van der Waals surface area contributed by atoms with E-state index < -0.39 is 0 Å². The van der Waals surface area contributed by atoms with Crippen LogP contribution in [-0.4, -0.2) is 43.2 Å². The topological polar surface area (TPSA) is 112 Å². The largest absolute Gasteiger partial charge is 0.397 e. The van der Waals surface area contributed by atoms with Crippen molar-refractivity contribution in [2.45, 2.75) is 19.3 Å². The van der Waals surface area contributed by atoms with Crippen LogP contribution in [0.3, 0.4) is 0 Å². The molecule has 154 valence electrons. The smallest absolute Gasteiger partial charge is 0.159 e. The van der Waals surface area contributed by atoms with E-state index in [1.165, 1.54) is 19.3 Å². The molecule has 1 aliphatic rings. The van der Waals surface area contributed by atoms with E-state index in [0.717, 1.165) is 63.5 Å². The van der Waals surface area contributed by atoms with Crippen LogP contribution in [-0.2, 0) is 0 Å². The number of hydrogen-bond acceptors (Lipinski definition) is 6. The van der Waals surface area contributed by atoms with Gasteiger partial charge in [-0.25, -0.2) is 9.97 Å². The predicted molar refractivity (Wildman–Crippen MR) is 123 cm³/mol. The van der Waals surface area contributed by atoms with Gasteiger partial charge < -0.3 is 15.6 Å². The molecule has 0 atom stereocenters. The molecule has 4 N–H and O–H groups in total. The normalized spacial score (nSPS) is 14.5. The summed E-state index contributed by atoms with van der Waals surface area (Å²) in [4.78, 5) is 19.6. The number of nitrogen functional groups attached to an aromatic ring is 1. The van der Waals surface area contributed by atoms with Crippen molar-refractivity contribution in [1.82, 2.24) is 30.1 Å². The molecule has 8 heteroatoms. The molecule has 5 heterocycles. The van der Waals surface area contributed by atoms with E-state index in [4.69, 9.17) is 10.7 Å². The van der Waals surface area contributed by atoms with Gasteiger partial charge in [-0.3, -0.25) is 10.1 Å². The van der Waals surface area contributed by atoms with Crippen molar-refractivity contribution >= 4 is 33.4 Å². The Bertz CT molecular complexity index is 1390. The highest BCUT2D eigenvalue weighted by atomic mass is 15.2. The Morgan fingerprint density at radius 1 is 0.935 bits per heavy atom. The quantitative estimate of drug-likeness (QED) is 0.412. The molecule has 1 saturated heterocycles. The fraction of sp³-hybridized carbons (Fsp3) is 0.217. The summed E-state index contributed by atoms with van der Waals surface area (Å²) in [7, 11) is 0. The van der Waals surface area contributed by atoms with Crippen molar-refractivity contribution in [3.63, 3.8) is 0 Å². The third-order valence-corrected chi connectivity index (χ3v) is 5.92. The lowest BCUT2D eigenvalue weighted by Crippen LogP contribution is -2.30. The zero-order chi connectivity index (χ0) is 20.8. The average molecular weight is 410 g/mol. The minimum absolute atomic E-state index is 0.639. The molecule has 1 aromatic carbocycles. The molecule has 0 amide bonds. The molecule has 8 nitrogen and oxygen atoms in total. The number of aromatic amines is 2. The Hall–Kier alpha value is -3.94. The number of benzene rings is 1. The molecular weight excluding hydrogens is 388 g/mol. The number of fused-ring (bicyclic) bond motifs is 2. The molecule has 1 aliphatic heterocycles. The van der Waals surface area contributed by atoms with Crippen molar-refractivity contribution in [3.05, 3.63) is 48.9 Å². The van der Waals surface area contributed by atoms with Gasteiger partial charge in [-0.1, -0.05) is 6.07 Å². The maximum absolute atomic E-state index is 5.92. The van der Waals surface area contributed by atoms with E-state index in [-0.39, 0.29) is 0 Å². The first-order valence-electron chi connectivity index (χ1n) is 10.6. The second-order valence-electron chi connectivity index (χ2n) is 8.00. The lowest BCUT2D eigenvalue weighted by atomic mass is 10.0. The maximum Gasteiger partial charge on any atom is 0.159 e. The van der Waals surface area contributed by atoms with Gasteiger partial charge in [-0.05, 0) is 49.1 Å². The average Bonchev–Trinajstić information content (AvgIpc) is 3.43. The van der Waals surface area contributed by atoms with Crippen LogP contribution < -0.4 is 10.6 Å². The lowest BCUT2D eigenvalue weighted by Gasteiger charge is -2.27. The monoisotopic (exact) mass is 410 g/mol. The van der Waals surface area contributed by atoms with E-state index in [0.29, 0.717) is 5.69 Å². The van der Waals surface area contributed by atoms with Crippen LogP contribution in [0, 0.1) is 0 Å². The molecule has 5 aromatic rings. The van der Waals surface area contributed by atoms with Gasteiger partial charge in [0.1, 0.15) is 11.2 Å². The Balaban J connectivity index is 1.46. The molecule has 0 saturated carbocycles. The number of aromatic nitrogens is 6. The van der Waals surface area contributed by atoms with Gasteiger partial charge in [0.2, 0.25) is 0 Å². The Labute approximate surface area is 178 Å². The number of nitrogens with zero attached hydrogens (tertiary/aromatic N) is 5. The van der Waals surface area contributed by atoms with Gasteiger partial charge in [-0.15, -0.1) is 0 Å². The molecule has 0 radical (unpaired) electrons. The number of imidazole rings is 1. The maximum atomic E-state index is 5.92. The number of hydrogen-bond donors (Lipinski definition) is 3. The third-order valence-electron chi connectivity index (χ3n) is 5.92. The zero-order valence-corrected chi connectivity index (χ0v) is 17.0. The number of anilines is 2. The number of H-pyrrole nitrogens is 2. The summed E-state index contributed by atoms with van der Waals surface area (Å²) in [6.45, 7) is 2.05. The molecule has 4 aromatic heterocycles. The summed E-state index contributed by atoms with van der Waals surface area (Å²) in [6.07, 6.45) is 8.98. The minimum atomic E-state index is 0.639. The zero-order valence-electron chi connectivity index (χ0n) is 17.0. The Morgan fingerprint density at radius 2 is 1.84 bits per heavy atom. The van der Waals surface area contributed by atoms with Gasteiger partial charge in [0.25, 0.3) is 0 Å². The van der Waals surface area contributed by atoms with E-state index in [9.17, 15) is 0 Å². The van der Waals surface area contributed by atoms with Crippen LogP contribution >= 0.6 is 0 Å². The summed E-state index contributed by atoms with van der Waals surface area (Å²) in [5, 5.41) is 8.68. The fourth-order valence-corrected chi connectivity index (χ4v) is 4.36. The lowest BCUT2D eigenvalue weighted by molar-refractivity contribution is 0.574. The first kappa shape index (κ1) is 17.9. The second kappa shape index (κ2) is 7.09. The molecule has 0 bridgehead atoms. The number of nitrogens with one attached hydrogen (secondary N) is 2. The van der Waals surface area contributed by atoms with Gasteiger partial charge in [0.15, 0.2) is 11.6 Å². The highest BCUT2D eigenvalue weighted by molar-refractivity contribution is 5.97. The van der Waals surface area contributed by atoms with Gasteiger partial charge in [-0.2, -0.15) is 5.10 Å². The van der Waals surface area contributed by atoms with Crippen molar-refractivity contribution in [2.24, 2.45) is 0 Å². The van der Waals surface area contributed by atoms with E-state index >= 15 is 0 Å². The van der Waals surface area contributed by atoms with Crippen LogP contribution in [0.1, 0.15) is 19.3 Å². The SMILES string of the molecule is Nc1cncc(-c2ccc3[nH]nc(-c4nc5c(N6CCCCC6)nccc5[nH]4)c3c2)c1. The number of rotatable bonds is 3. The summed E-state index contributed by atoms with van der Waals surface area (Å²) in [5.74, 6) is 1.68. The molecule has 0 spiro atoms. The first-order chi connectivity index (χ1) is 15.3. The van der Waals surface area contributed by atoms with Crippen LogP contribution in [0.4, 0.5) is 11.5 Å². The molecule has 0 unspecified atom stereocenters. The van der Waals surface area contributed by atoms with E-state index in [2.05, 4.69) is 36.1 Å². The fourth-order valence-electron chi connectivity index (χ4n) is 4.36. The molecule has 6 rings (SSSR count). The first-order valence-corrected chi connectivity index (χ1v) is 10.6. The molecule has 1 fully saturated rings. The van der Waals surface area contributed by atoms with Crippen molar-refractivity contribution in [3.8, 4) is 22.6 Å². The number of nitrogens with two attached hydrogens (primary N) is 1. The van der Waals surface area contributed by atoms with Gasteiger partial charge in [0, 0.05) is 42.6 Å². The van der Waals surface area contributed by atoms with Crippen LogP contribution in [0.5, 0.6) is 0 Å². The van der Waals surface area contributed by atoms with Gasteiger partial charge >= 0.3 is 0 Å². The highest BCUT2D eigenvalue weighted by Crippen LogP contribution is 2.32. The van der Waals surface area contributed by atoms with E-state index in [1.54, 1.807) is 6.20 Å². The van der Waals surface area contributed by atoms with Gasteiger partial charge in [0.05, 0.1) is 16.7 Å². The van der Waals surface area contributed by atoms with Crippen LogP contribution in [0.2, 0.25) is 0 Å². The summed E-state index contributed by atoms with van der Waals surface area (Å²) in [5.41, 5.74) is 12.2. The van der Waals surface area contributed by atoms with Crippen molar-refractivity contribution in [1.29, 1.82) is 0 Å². The van der Waals surface area contributed by atoms with E-state index in [1.807, 2.05) is 36.7 Å². The summed E-state index contributed by atoms with van der Waals surface area (Å²) >= 11 is 0. The Kier molecular flexibility index (Phi) is 4.09. The molecule has 31 heavy (non-hydrogen) atoms. The highest BCUT2D eigenvalue weighted by Gasteiger charge is 2.19. The second-order valence-corrected chi connectivity index (χ2v) is 8.00. The molecule has 0 aliphatic carbocycles. The Morgan fingerprint density at radius 3 is 2.71 bits per heavy atom. The number of piperidine rings is 1.